The molecule has 0 saturated carbocycles. The molecule has 0 spiro atoms. The standard InChI is InChI=1S/C11H19N3O/c1-14-6-5-13-11(14)9-15-7-3-10-2-4-12-8-10/h5-6,10,12H,2-4,7-9H2,1H3. The molecule has 2 rings (SSSR count). The Hall–Kier alpha value is -0.870. The number of hydrogen-bond donors (Lipinski definition) is 1. The molecule has 0 radical (unpaired) electrons. The smallest absolute Gasteiger partial charge is 0.134 e. The lowest BCUT2D eigenvalue weighted by Crippen LogP contribution is -2.11. The minimum Gasteiger partial charge on any atom is -0.374 e. The van der Waals surface area contributed by atoms with E-state index in [9.17, 15) is 0 Å². The molecule has 15 heavy (non-hydrogen) atoms. The lowest BCUT2D eigenvalue weighted by Gasteiger charge is -2.08. The molecule has 1 atom stereocenters. The van der Waals surface area contributed by atoms with Crippen molar-refractivity contribution in [1.82, 2.24) is 14.9 Å². The maximum atomic E-state index is 5.61. The first-order chi connectivity index (χ1) is 7.36. The van der Waals surface area contributed by atoms with Crippen LogP contribution in [0.25, 0.3) is 0 Å². The summed E-state index contributed by atoms with van der Waals surface area (Å²) >= 11 is 0. The SMILES string of the molecule is Cn1ccnc1COCCC1CCNC1. The number of hydrogen-bond acceptors (Lipinski definition) is 3. The van der Waals surface area contributed by atoms with Crippen LogP contribution in [0.4, 0.5) is 0 Å². The number of ether oxygens (including phenoxy) is 1. The molecular weight excluding hydrogens is 190 g/mol. The van der Waals surface area contributed by atoms with E-state index in [0.717, 1.165) is 31.3 Å². The number of nitrogens with zero attached hydrogens (tertiary/aromatic N) is 2. The van der Waals surface area contributed by atoms with Gasteiger partial charge in [0.05, 0.1) is 0 Å². The summed E-state index contributed by atoms with van der Waals surface area (Å²) in [4.78, 5) is 4.21. The van der Waals surface area contributed by atoms with Gasteiger partial charge < -0.3 is 14.6 Å². The van der Waals surface area contributed by atoms with Crippen molar-refractivity contribution in [3.63, 3.8) is 0 Å². The Bertz CT molecular complexity index is 292. The largest absolute Gasteiger partial charge is 0.374 e. The molecule has 1 aliphatic rings. The highest BCUT2D eigenvalue weighted by Gasteiger charge is 2.13. The lowest BCUT2D eigenvalue weighted by molar-refractivity contribution is 0.102. The van der Waals surface area contributed by atoms with Gasteiger partial charge in [-0.3, -0.25) is 0 Å². The zero-order valence-corrected chi connectivity index (χ0v) is 9.28. The Morgan fingerprint density at radius 2 is 2.60 bits per heavy atom. The Balaban J connectivity index is 1.60. The number of nitrogens with one attached hydrogen (secondary N) is 1. The Labute approximate surface area is 90.6 Å². The second-order valence-corrected chi connectivity index (χ2v) is 4.15. The first kappa shape index (κ1) is 10.6. The van der Waals surface area contributed by atoms with Crippen molar-refractivity contribution in [2.24, 2.45) is 13.0 Å². The highest BCUT2D eigenvalue weighted by Crippen LogP contribution is 2.12. The molecular formula is C11H19N3O. The number of rotatable bonds is 5. The Kier molecular flexibility index (Phi) is 3.75. The quantitative estimate of drug-likeness (QED) is 0.733. The molecule has 0 amide bonds. The summed E-state index contributed by atoms with van der Waals surface area (Å²) in [6.07, 6.45) is 6.21. The minimum absolute atomic E-state index is 0.629. The molecule has 4 heteroatoms. The van der Waals surface area contributed by atoms with E-state index in [1.54, 1.807) is 6.20 Å². The predicted molar refractivity (Wildman–Crippen MR) is 58.5 cm³/mol. The van der Waals surface area contributed by atoms with Crippen molar-refractivity contribution in [2.75, 3.05) is 19.7 Å². The summed E-state index contributed by atoms with van der Waals surface area (Å²) in [6, 6.07) is 0. The van der Waals surface area contributed by atoms with E-state index in [2.05, 4.69) is 10.3 Å². The van der Waals surface area contributed by atoms with Gasteiger partial charge in [0, 0.05) is 26.0 Å². The average Bonchev–Trinajstić information content (AvgIpc) is 2.85. The van der Waals surface area contributed by atoms with Gasteiger partial charge in [0.1, 0.15) is 12.4 Å². The lowest BCUT2D eigenvalue weighted by atomic mass is 10.1. The summed E-state index contributed by atoms with van der Waals surface area (Å²) in [5.74, 6) is 1.81. The summed E-state index contributed by atoms with van der Waals surface area (Å²) in [5, 5.41) is 3.36. The van der Waals surface area contributed by atoms with Gasteiger partial charge in [-0.05, 0) is 31.8 Å². The third kappa shape index (κ3) is 3.04. The van der Waals surface area contributed by atoms with Crippen molar-refractivity contribution in [3.8, 4) is 0 Å². The molecule has 1 aliphatic heterocycles. The molecule has 1 saturated heterocycles. The fourth-order valence-electron chi connectivity index (χ4n) is 1.91. The van der Waals surface area contributed by atoms with Crippen LogP contribution in [0.1, 0.15) is 18.7 Å². The van der Waals surface area contributed by atoms with Crippen LogP contribution in [0.5, 0.6) is 0 Å². The normalized spacial score (nSPS) is 21.0. The molecule has 0 aromatic carbocycles. The fraction of sp³-hybridized carbons (Fsp3) is 0.727. The van der Waals surface area contributed by atoms with E-state index in [1.165, 1.54) is 13.0 Å². The molecule has 1 aromatic heterocycles. The van der Waals surface area contributed by atoms with Gasteiger partial charge >= 0.3 is 0 Å². The average molecular weight is 209 g/mol. The molecule has 1 unspecified atom stereocenters. The third-order valence-electron chi connectivity index (χ3n) is 2.98. The monoisotopic (exact) mass is 209 g/mol. The van der Waals surface area contributed by atoms with E-state index in [-0.39, 0.29) is 0 Å². The highest BCUT2D eigenvalue weighted by atomic mass is 16.5. The van der Waals surface area contributed by atoms with Crippen molar-refractivity contribution in [2.45, 2.75) is 19.4 Å². The van der Waals surface area contributed by atoms with Gasteiger partial charge in [0.25, 0.3) is 0 Å². The predicted octanol–water partition coefficient (Wildman–Crippen LogP) is 0.936. The zero-order valence-electron chi connectivity index (χ0n) is 9.28. The van der Waals surface area contributed by atoms with Crippen LogP contribution < -0.4 is 5.32 Å². The summed E-state index contributed by atoms with van der Waals surface area (Å²) in [6.45, 7) is 3.80. The van der Waals surface area contributed by atoms with Crippen LogP contribution in [0, 0.1) is 5.92 Å². The maximum absolute atomic E-state index is 5.61. The zero-order chi connectivity index (χ0) is 10.5. The van der Waals surface area contributed by atoms with Gasteiger partial charge in [-0.15, -0.1) is 0 Å². The second kappa shape index (κ2) is 5.28. The van der Waals surface area contributed by atoms with Gasteiger partial charge in [0.2, 0.25) is 0 Å². The van der Waals surface area contributed by atoms with Gasteiger partial charge in [0.15, 0.2) is 0 Å². The van der Waals surface area contributed by atoms with E-state index in [4.69, 9.17) is 4.74 Å². The third-order valence-corrected chi connectivity index (χ3v) is 2.98. The van der Waals surface area contributed by atoms with E-state index in [0.29, 0.717) is 6.61 Å². The highest BCUT2D eigenvalue weighted by molar-refractivity contribution is 4.88. The molecule has 0 bridgehead atoms. The van der Waals surface area contributed by atoms with Crippen LogP contribution in [0.3, 0.4) is 0 Å². The van der Waals surface area contributed by atoms with Crippen LogP contribution >= 0.6 is 0 Å². The van der Waals surface area contributed by atoms with E-state index in [1.807, 2.05) is 17.8 Å². The molecule has 1 aromatic rings. The van der Waals surface area contributed by atoms with Crippen LogP contribution in [-0.2, 0) is 18.4 Å². The van der Waals surface area contributed by atoms with Crippen LogP contribution in [0.15, 0.2) is 12.4 Å². The van der Waals surface area contributed by atoms with Crippen LogP contribution in [-0.4, -0.2) is 29.2 Å². The van der Waals surface area contributed by atoms with Crippen molar-refractivity contribution >= 4 is 0 Å². The number of aromatic nitrogens is 2. The molecule has 84 valence electrons. The second-order valence-electron chi connectivity index (χ2n) is 4.15. The first-order valence-electron chi connectivity index (χ1n) is 5.61. The van der Waals surface area contributed by atoms with Gasteiger partial charge in [-0.2, -0.15) is 0 Å². The minimum atomic E-state index is 0.629. The van der Waals surface area contributed by atoms with E-state index >= 15 is 0 Å². The summed E-state index contributed by atoms with van der Waals surface area (Å²) in [7, 11) is 1.99. The van der Waals surface area contributed by atoms with Crippen molar-refractivity contribution in [1.29, 1.82) is 0 Å². The van der Waals surface area contributed by atoms with Gasteiger partial charge in [-0.1, -0.05) is 0 Å². The summed E-state index contributed by atoms with van der Waals surface area (Å²) < 4.78 is 7.61. The van der Waals surface area contributed by atoms with Crippen molar-refractivity contribution < 1.29 is 4.74 Å². The molecule has 1 N–H and O–H groups in total. The Morgan fingerprint density at radius 1 is 1.67 bits per heavy atom. The van der Waals surface area contributed by atoms with E-state index < -0.39 is 0 Å². The first-order valence-corrected chi connectivity index (χ1v) is 5.61. The molecule has 0 aliphatic carbocycles. The maximum Gasteiger partial charge on any atom is 0.134 e. The van der Waals surface area contributed by atoms with Crippen LogP contribution in [0.2, 0.25) is 0 Å². The molecule has 2 heterocycles. The summed E-state index contributed by atoms with van der Waals surface area (Å²) in [5.41, 5.74) is 0. The van der Waals surface area contributed by atoms with Crippen molar-refractivity contribution in [3.05, 3.63) is 18.2 Å². The number of imidazole rings is 1. The fourth-order valence-corrected chi connectivity index (χ4v) is 1.91. The van der Waals surface area contributed by atoms with Gasteiger partial charge in [-0.25, -0.2) is 4.98 Å². The topological polar surface area (TPSA) is 39.1 Å². The number of aryl methyl sites for hydroxylation is 1. The molecule has 1 fully saturated rings. The molecule has 4 nitrogen and oxygen atoms in total. The Morgan fingerprint density at radius 3 is 3.27 bits per heavy atom.